The smallest absolute Gasteiger partial charge is 0.306 e. The molecule has 0 bridgehead atoms. The molecule has 0 aliphatic carbocycles. The summed E-state index contributed by atoms with van der Waals surface area (Å²) in [6.45, 7) is 6.54. The topological polar surface area (TPSA) is 78.9 Å². The molecule has 0 radical (unpaired) electrons. The average Bonchev–Trinajstić information content (AvgIpc) is 3.47. The van der Waals surface area contributed by atoms with Crippen molar-refractivity contribution in [3.05, 3.63) is 60.8 Å². The van der Waals surface area contributed by atoms with Crippen LogP contribution in [0, 0.1) is 0 Å². The number of rotatable bonds is 66. The predicted octanol–water partition coefficient (Wildman–Crippen LogP) is 24.7. The molecule has 0 aromatic heterocycles. The maximum Gasteiger partial charge on any atom is 0.306 e. The zero-order valence-electron chi connectivity index (χ0n) is 54.3. The first-order valence-corrected chi connectivity index (χ1v) is 35.8. The molecule has 0 N–H and O–H groups in total. The Balaban J connectivity index is 4.17. The number of esters is 3. The molecule has 6 heteroatoms. The van der Waals surface area contributed by atoms with Crippen LogP contribution in [-0.2, 0) is 28.6 Å². The number of hydrogen-bond donors (Lipinski definition) is 0. The minimum atomic E-state index is -0.796. The second-order valence-corrected chi connectivity index (χ2v) is 24.1. The van der Waals surface area contributed by atoms with Crippen LogP contribution in [0.1, 0.15) is 380 Å². The van der Waals surface area contributed by atoms with Crippen LogP contribution in [0.3, 0.4) is 0 Å². The highest BCUT2D eigenvalue weighted by Crippen LogP contribution is 2.19. The van der Waals surface area contributed by atoms with Crippen molar-refractivity contribution in [2.45, 2.75) is 386 Å². The summed E-state index contributed by atoms with van der Waals surface area (Å²) < 4.78 is 16.9. The van der Waals surface area contributed by atoms with Crippen LogP contribution in [-0.4, -0.2) is 37.2 Å². The van der Waals surface area contributed by atoms with Gasteiger partial charge in [0.15, 0.2) is 6.10 Å². The molecule has 0 aromatic carbocycles. The third-order valence-electron chi connectivity index (χ3n) is 16.0. The molecule has 0 aliphatic heterocycles. The van der Waals surface area contributed by atoms with Crippen LogP contribution >= 0.6 is 0 Å². The van der Waals surface area contributed by atoms with E-state index in [1.54, 1.807) is 0 Å². The highest BCUT2D eigenvalue weighted by molar-refractivity contribution is 5.71. The Morgan fingerprint density at radius 2 is 0.481 bits per heavy atom. The van der Waals surface area contributed by atoms with Crippen molar-refractivity contribution in [2.24, 2.45) is 0 Å². The van der Waals surface area contributed by atoms with E-state index in [1.165, 1.54) is 244 Å². The van der Waals surface area contributed by atoms with Crippen LogP contribution in [0.15, 0.2) is 60.8 Å². The molecule has 0 heterocycles. The summed E-state index contributed by atoms with van der Waals surface area (Å²) in [4.78, 5) is 38.4. The molecule has 0 aromatic rings. The highest BCUT2D eigenvalue weighted by Gasteiger charge is 2.19. The molecule has 472 valence electrons. The van der Waals surface area contributed by atoms with Crippen molar-refractivity contribution >= 4 is 17.9 Å². The van der Waals surface area contributed by atoms with Gasteiger partial charge in [-0.05, 0) is 83.5 Å². The van der Waals surface area contributed by atoms with Gasteiger partial charge in [0, 0.05) is 19.3 Å². The van der Waals surface area contributed by atoms with Gasteiger partial charge in [0.25, 0.3) is 0 Å². The molecular formula is C75H136O6. The van der Waals surface area contributed by atoms with Gasteiger partial charge in [-0.2, -0.15) is 0 Å². The fourth-order valence-corrected chi connectivity index (χ4v) is 10.7. The maximum atomic E-state index is 12.9. The molecular weight excluding hydrogens is 997 g/mol. The van der Waals surface area contributed by atoms with Crippen LogP contribution < -0.4 is 0 Å². The fourth-order valence-electron chi connectivity index (χ4n) is 10.7. The van der Waals surface area contributed by atoms with E-state index in [2.05, 4.69) is 81.5 Å². The summed E-state index contributed by atoms with van der Waals surface area (Å²) in [5.41, 5.74) is 0. The third-order valence-corrected chi connectivity index (χ3v) is 16.0. The Bertz CT molecular complexity index is 1440. The van der Waals surface area contributed by atoms with Crippen molar-refractivity contribution in [2.75, 3.05) is 13.2 Å². The SMILES string of the molecule is CC/C=C\C/C=C\C/C=C\C/C=C\CCCCC(=O)OCC(COC(=O)CCCCCCCCCCCCCCCCCCCCCCCCCCCCCCCCCC)OC(=O)CCCCCCC/C=C\CCCCCCCCC. The monoisotopic (exact) mass is 1130 g/mol. The van der Waals surface area contributed by atoms with E-state index in [-0.39, 0.29) is 31.1 Å². The number of carbonyl (C=O) groups is 3. The van der Waals surface area contributed by atoms with Crippen molar-refractivity contribution < 1.29 is 28.6 Å². The third kappa shape index (κ3) is 67.8. The van der Waals surface area contributed by atoms with Gasteiger partial charge in [0.05, 0.1) is 0 Å². The van der Waals surface area contributed by atoms with Crippen LogP contribution in [0.2, 0.25) is 0 Å². The number of carbonyl (C=O) groups excluding carboxylic acids is 3. The lowest BCUT2D eigenvalue weighted by Crippen LogP contribution is -2.30. The van der Waals surface area contributed by atoms with Gasteiger partial charge in [-0.3, -0.25) is 14.4 Å². The zero-order chi connectivity index (χ0) is 58.5. The quantitative estimate of drug-likeness (QED) is 0.0261. The van der Waals surface area contributed by atoms with Gasteiger partial charge >= 0.3 is 17.9 Å². The van der Waals surface area contributed by atoms with Crippen molar-refractivity contribution in [3.63, 3.8) is 0 Å². The maximum absolute atomic E-state index is 12.9. The van der Waals surface area contributed by atoms with Crippen LogP contribution in [0.5, 0.6) is 0 Å². The van der Waals surface area contributed by atoms with E-state index in [1.807, 2.05) is 0 Å². The Morgan fingerprint density at radius 1 is 0.259 bits per heavy atom. The Labute approximate surface area is 504 Å². The minimum absolute atomic E-state index is 0.0875. The molecule has 0 amide bonds. The Morgan fingerprint density at radius 3 is 0.790 bits per heavy atom. The number of unbranched alkanes of at least 4 members (excludes halogenated alkanes) is 45. The average molecular weight is 1130 g/mol. The molecule has 0 saturated heterocycles. The molecule has 0 spiro atoms. The lowest BCUT2D eigenvalue weighted by molar-refractivity contribution is -0.167. The molecule has 0 aliphatic rings. The normalized spacial score (nSPS) is 12.4. The van der Waals surface area contributed by atoms with E-state index < -0.39 is 6.10 Å². The van der Waals surface area contributed by atoms with E-state index in [0.717, 1.165) is 96.3 Å². The summed E-state index contributed by atoms with van der Waals surface area (Å²) in [6.07, 6.45) is 89.9. The summed E-state index contributed by atoms with van der Waals surface area (Å²) in [6, 6.07) is 0. The largest absolute Gasteiger partial charge is 0.462 e. The van der Waals surface area contributed by atoms with Gasteiger partial charge in [-0.25, -0.2) is 0 Å². The second-order valence-electron chi connectivity index (χ2n) is 24.1. The molecule has 1 unspecified atom stereocenters. The van der Waals surface area contributed by atoms with Crippen molar-refractivity contribution in [3.8, 4) is 0 Å². The summed E-state index contributed by atoms with van der Waals surface area (Å²) in [5.74, 6) is -0.919. The molecule has 1 atom stereocenters. The van der Waals surface area contributed by atoms with Gasteiger partial charge < -0.3 is 14.2 Å². The van der Waals surface area contributed by atoms with Crippen molar-refractivity contribution in [1.82, 2.24) is 0 Å². The first kappa shape index (κ1) is 78.1. The van der Waals surface area contributed by atoms with E-state index in [9.17, 15) is 14.4 Å². The van der Waals surface area contributed by atoms with Gasteiger partial charge in [-0.15, -0.1) is 0 Å². The first-order valence-electron chi connectivity index (χ1n) is 35.8. The molecule has 0 fully saturated rings. The molecule has 6 nitrogen and oxygen atoms in total. The van der Waals surface area contributed by atoms with Crippen LogP contribution in [0.4, 0.5) is 0 Å². The van der Waals surface area contributed by atoms with E-state index >= 15 is 0 Å². The molecule has 0 saturated carbocycles. The molecule has 81 heavy (non-hydrogen) atoms. The fraction of sp³-hybridized carbons (Fsp3) is 0.827. The second kappa shape index (κ2) is 69.6. The number of allylic oxidation sites excluding steroid dienone is 10. The van der Waals surface area contributed by atoms with E-state index in [0.29, 0.717) is 19.3 Å². The standard InChI is InChI=1S/C75H136O6/c1-4-7-10-13-16-19-22-25-28-30-31-32-33-34-35-36-37-38-39-40-41-42-43-44-45-48-50-53-56-59-62-65-68-74(77)80-71-72(70-79-73(76)67-64-61-58-55-52-49-46-27-24-21-18-15-12-9-6-3)81-75(78)69-66-63-60-57-54-51-47-29-26-23-20-17-14-11-8-5-2/h9,12,18,21,27,29,46-47,52,55,72H,4-8,10-11,13-17,19-20,22-26,28,30-45,48-51,53-54,56-71H2,1-3H3/b12-9-,21-18-,46-27-,47-29-,55-52-. The Hall–Kier alpha value is -2.89. The zero-order valence-corrected chi connectivity index (χ0v) is 54.3. The molecule has 0 rings (SSSR count). The summed E-state index contributed by atoms with van der Waals surface area (Å²) in [5, 5.41) is 0. The minimum Gasteiger partial charge on any atom is -0.462 e. The number of ether oxygens (including phenoxy) is 3. The van der Waals surface area contributed by atoms with Gasteiger partial charge in [-0.1, -0.05) is 338 Å². The van der Waals surface area contributed by atoms with Gasteiger partial charge in [0.1, 0.15) is 13.2 Å². The lowest BCUT2D eigenvalue weighted by Gasteiger charge is -2.18. The van der Waals surface area contributed by atoms with Crippen molar-refractivity contribution in [1.29, 1.82) is 0 Å². The predicted molar refractivity (Wildman–Crippen MR) is 353 cm³/mol. The summed E-state index contributed by atoms with van der Waals surface area (Å²) in [7, 11) is 0. The highest BCUT2D eigenvalue weighted by atomic mass is 16.6. The van der Waals surface area contributed by atoms with E-state index in [4.69, 9.17) is 14.2 Å². The van der Waals surface area contributed by atoms with Gasteiger partial charge in [0.2, 0.25) is 0 Å². The van der Waals surface area contributed by atoms with Crippen LogP contribution in [0.25, 0.3) is 0 Å². The Kier molecular flexibility index (Phi) is 67.1. The first-order chi connectivity index (χ1) is 40.0. The number of hydrogen-bond acceptors (Lipinski definition) is 6. The summed E-state index contributed by atoms with van der Waals surface area (Å²) >= 11 is 0. The lowest BCUT2D eigenvalue weighted by atomic mass is 10.0.